The van der Waals surface area contributed by atoms with Crippen molar-refractivity contribution in [1.82, 2.24) is 0 Å². The van der Waals surface area contributed by atoms with Crippen LogP contribution in [0.5, 0.6) is 34.5 Å². The van der Waals surface area contributed by atoms with Gasteiger partial charge in [0, 0.05) is 17.9 Å². The van der Waals surface area contributed by atoms with Gasteiger partial charge >= 0.3 is 5.97 Å². The summed E-state index contributed by atoms with van der Waals surface area (Å²) in [6.07, 6.45) is 0. The van der Waals surface area contributed by atoms with Crippen LogP contribution in [0.3, 0.4) is 0 Å². The number of thioether (sulfide) groups is 2. The second-order valence-electron chi connectivity index (χ2n) is 7.19. The van der Waals surface area contributed by atoms with Gasteiger partial charge in [0.1, 0.15) is 13.2 Å². The monoisotopic (exact) mass is 510 g/mol. The van der Waals surface area contributed by atoms with E-state index in [1.165, 1.54) is 6.92 Å². The van der Waals surface area contributed by atoms with Crippen LogP contribution in [0.25, 0.3) is 0 Å². The zero-order valence-electron chi connectivity index (χ0n) is 20.2. The van der Waals surface area contributed by atoms with Crippen LogP contribution < -0.4 is 28.4 Å². The number of carbonyl (C=O) groups is 1. The average Bonchev–Trinajstić information content (AvgIpc) is 3.35. The number of esters is 1. The third-order valence-corrected chi connectivity index (χ3v) is 8.48. The lowest BCUT2D eigenvalue weighted by atomic mass is 10.1. The summed E-state index contributed by atoms with van der Waals surface area (Å²) < 4.78 is 38.6. The van der Waals surface area contributed by atoms with Crippen molar-refractivity contribution in [3.63, 3.8) is 0 Å². The Morgan fingerprint density at radius 2 is 1.32 bits per heavy atom. The molecule has 0 bridgehead atoms. The largest absolute Gasteiger partial charge is 0.493 e. The Morgan fingerprint density at radius 1 is 0.794 bits per heavy atom. The number of hydrogen-bond donors (Lipinski definition) is 0. The molecular formula is C24H30O8S2. The fourth-order valence-electron chi connectivity index (χ4n) is 3.55. The maximum absolute atomic E-state index is 11.0. The molecule has 1 aliphatic rings. The molecule has 1 saturated heterocycles. The molecule has 0 spiro atoms. The smallest absolute Gasteiger partial charge is 0.302 e. The Hall–Kier alpha value is -2.59. The van der Waals surface area contributed by atoms with Crippen molar-refractivity contribution in [3.8, 4) is 34.5 Å². The van der Waals surface area contributed by atoms with Crippen molar-refractivity contribution >= 4 is 29.5 Å². The van der Waals surface area contributed by atoms with Crippen LogP contribution in [0.4, 0.5) is 0 Å². The quantitative estimate of drug-likeness (QED) is 0.308. The second-order valence-corrected chi connectivity index (χ2v) is 9.94. The van der Waals surface area contributed by atoms with Crippen LogP contribution in [-0.4, -0.2) is 60.5 Å². The molecule has 0 amide bonds. The summed E-state index contributed by atoms with van der Waals surface area (Å²) in [7, 11) is 8.01. The van der Waals surface area contributed by atoms with Gasteiger partial charge in [0.25, 0.3) is 0 Å². The second kappa shape index (κ2) is 12.2. The van der Waals surface area contributed by atoms with Gasteiger partial charge in [0.05, 0.1) is 40.1 Å². The van der Waals surface area contributed by atoms with Crippen molar-refractivity contribution in [2.24, 2.45) is 0 Å². The van der Waals surface area contributed by atoms with Gasteiger partial charge in [-0.15, -0.1) is 23.5 Å². The van der Waals surface area contributed by atoms with E-state index >= 15 is 0 Å². The molecule has 1 fully saturated rings. The van der Waals surface area contributed by atoms with Crippen LogP contribution in [0.1, 0.15) is 27.9 Å². The van der Waals surface area contributed by atoms with Gasteiger partial charge in [0.15, 0.2) is 23.0 Å². The highest BCUT2D eigenvalue weighted by Gasteiger charge is 2.31. The summed E-state index contributed by atoms with van der Waals surface area (Å²) >= 11 is 3.68. The van der Waals surface area contributed by atoms with Gasteiger partial charge in [0.2, 0.25) is 11.5 Å². The minimum Gasteiger partial charge on any atom is -0.493 e. The fourth-order valence-corrected chi connectivity index (χ4v) is 6.80. The normalized spacial score (nSPS) is 17.1. The van der Waals surface area contributed by atoms with E-state index in [0.717, 1.165) is 16.9 Å². The van der Waals surface area contributed by atoms with Gasteiger partial charge in [-0.1, -0.05) is 0 Å². The molecule has 0 aromatic heterocycles. The number of hydrogen-bond acceptors (Lipinski definition) is 10. The topological polar surface area (TPSA) is 81.7 Å². The third-order valence-electron chi connectivity index (χ3n) is 5.14. The molecule has 0 aliphatic carbocycles. The number of methoxy groups -OCH3 is 5. The first-order valence-corrected chi connectivity index (χ1v) is 12.5. The molecule has 186 valence electrons. The van der Waals surface area contributed by atoms with Crippen molar-refractivity contribution in [3.05, 3.63) is 35.4 Å². The predicted octanol–water partition coefficient (Wildman–Crippen LogP) is 4.89. The standard InChI is InChI=1S/C24H30O8S2/c1-14(25)31-7-8-32-23-19(28-4)11-16(12-20(23)29-5)24-33-13-21(34-24)15-9-17(26-2)22(30-6)18(10-15)27-3/h9-12,21,24H,7-8,13H2,1-6H3. The van der Waals surface area contributed by atoms with Gasteiger partial charge < -0.3 is 33.2 Å². The van der Waals surface area contributed by atoms with Gasteiger partial charge in [-0.3, -0.25) is 4.79 Å². The molecule has 2 aromatic carbocycles. The Morgan fingerprint density at radius 3 is 1.82 bits per heavy atom. The first-order chi connectivity index (χ1) is 16.4. The summed E-state index contributed by atoms with van der Waals surface area (Å²) in [5, 5.41) is 0.236. The van der Waals surface area contributed by atoms with Gasteiger partial charge in [-0.25, -0.2) is 0 Å². The van der Waals surface area contributed by atoms with Crippen molar-refractivity contribution < 1.29 is 38.0 Å². The van der Waals surface area contributed by atoms with Gasteiger partial charge in [-0.05, 0) is 35.4 Å². The van der Waals surface area contributed by atoms with Gasteiger partial charge in [-0.2, -0.15) is 0 Å². The molecule has 8 nitrogen and oxygen atoms in total. The predicted molar refractivity (Wildman–Crippen MR) is 133 cm³/mol. The van der Waals surface area contributed by atoms with E-state index in [1.54, 1.807) is 35.5 Å². The van der Waals surface area contributed by atoms with Crippen LogP contribution in [-0.2, 0) is 9.53 Å². The number of benzene rings is 2. The summed E-state index contributed by atoms with van der Waals surface area (Å²) in [4.78, 5) is 11.0. The zero-order chi connectivity index (χ0) is 24.7. The molecule has 0 saturated carbocycles. The highest BCUT2D eigenvalue weighted by molar-refractivity contribution is 8.19. The Labute approximate surface area is 208 Å². The first kappa shape index (κ1) is 26.0. The molecule has 3 rings (SSSR count). The van der Waals surface area contributed by atoms with E-state index < -0.39 is 0 Å². The molecule has 10 heteroatoms. The Bertz CT molecular complexity index is 947. The minimum atomic E-state index is -0.352. The highest BCUT2D eigenvalue weighted by Crippen LogP contribution is 2.58. The molecule has 2 unspecified atom stereocenters. The van der Waals surface area contributed by atoms with Crippen molar-refractivity contribution in [2.75, 3.05) is 54.5 Å². The summed E-state index contributed by atoms with van der Waals surface area (Å²) in [5.74, 6) is 4.04. The maximum Gasteiger partial charge on any atom is 0.302 e. The highest BCUT2D eigenvalue weighted by atomic mass is 32.2. The van der Waals surface area contributed by atoms with E-state index in [-0.39, 0.29) is 29.0 Å². The van der Waals surface area contributed by atoms with Crippen LogP contribution in [0.2, 0.25) is 0 Å². The Kier molecular flexibility index (Phi) is 9.35. The van der Waals surface area contributed by atoms with Crippen LogP contribution >= 0.6 is 23.5 Å². The molecule has 2 aromatic rings. The lowest BCUT2D eigenvalue weighted by Gasteiger charge is -2.19. The van der Waals surface area contributed by atoms with Crippen LogP contribution in [0.15, 0.2) is 24.3 Å². The molecule has 1 heterocycles. The van der Waals surface area contributed by atoms with E-state index in [4.69, 9.17) is 33.2 Å². The van der Waals surface area contributed by atoms with E-state index in [2.05, 4.69) is 0 Å². The third kappa shape index (κ3) is 5.90. The van der Waals surface area contributed by atoms with E-state index in [1.807, 2.05) is 47.8 Å². The lowest BCUT2D eigenvalue weighted by molar-refractivity contribution is -0.141. The molecule has 34 heavy (non-hydrogen) atoms. The molecule has 1 aliphatic heterocycles. The summed E-state index contributed by atoms with van der Waals surface area (Å²) in [6, 6.07) is 7.93. The lowest BCUT2D eigenvalue weighted by Crippen LogP contribution is -2.10. The van der Waals surface area contributed by atoms with Crippen LogP contribution in [0, 0.1) is 0 Å². The minimum absolute atomic E-state index is 0.147. The number of rotatable bonds is 11. The zero-order valence-corrected chi connectivity index (χ0v) is 21.8. The molecule has 2 atom stereocenters. The molecule has 0 N–H and O–H groups in total. The Balaban J connectivity index is 1.80. The van der Waals surface area contributed by atoms with Crippen molar-refractivity contribution in [2.45, 2.75) is 16.8 Å². The average molecular weight is 511 g/mol. The van der Waals surface area contributed by atoms with Crippen molar-refractivity contribution in [1.29, 1.82) is 0 Å². The SMILES string of the molecule is COc1cc(C2CSC(c3cc(OC)c(OCCOC(C)=O)c(OC)c3)S2)cc(OC)c1OC. The number of carbonyl (C=O) groups excluding carboxylic acids is 1. The first-order valence-electron chi connectivity index (χ1n) is 10.5. The number of ether oxygens (including phenoxy) is 7. The fraction of sp³-hybridized carbons (Fsp3) is 0.458. The molecule has 0 radical (unpaired) electrons. The van der Waals surface area contributed by atoms with E-state index in [0.29, 0.717) is 34.5 Å². The summed E-state index contributed by atoms with van der Waals surface area (Å²) in [5.41, 5.74) is 2.17. The van der Waals surface area contributed by atoms with E-state index in [9.17, 15) is 4.79 Å². The summed E-state index contributed by atoms with van der Waals surface area (Å²) in [6.45, 7) is 1.70. The maximum atomic E-state index is 11.0. The molecular weight excluding hydrogens is 480 g/mol.